The van der Waals surface area contributed by atoms with Gasteiger partial charge in [0.2, 0.25) is 17.7 Å². The quantitative estimate of drug-likeness (QED) is 0.346. The Hall–Kier alpha value is -2.56. The molecule has 0 spiro atoms. The first-order chi connectivity index (χ1) is 11.0. The molecular weight excluding hydrogens is 322 g/mol. The number of carbonyl (C=O) groups is 3. The molecule has 23 heavy (non-hydrogen) atoms. The average Bonchev–Trinajstić information content (AvgIpc) is 2.57. The van der Waals surface area contributed by atoms with E-state index in [0.717, 1.165) is 0 Å². The van der Waals surface area contributed by atoms with Crippen LogP contribution in [0.1, 0.15) is 12.0 Å². The minimum atomic E-state index is -1.01. The molecule has 1 atom stereocenters. The van der Waals surface area contributed by atoms with Crippen LogP contribution < -0.4 is 16.1 Å². The second-order valence-corrected chi connectivity index (χ2v) is 4.90. The molecule has 1 rings (SSSR count). The van der Waals surface area contributed by atoms with Crippen molar-refractivity contribution in [1.82, 2.24) is 16.1 Å². The summed E-state index contributed by atoms with van der Waals surface area (Å²) in [6.45, 7) is -0.227. The van der Waals surface area contributed by atoms with Crippen molar-refractivity contribution in [3.8, 4) is 11.8 Å². The minimum absolute atomic E-state index is 0.227. The van der Waals surface area contributed by atoms with Gasteiger partial charge in [0, 0.05) is 17.6 Å². The average molecular weight is 338 g/mol. The van der Waals surface area contributed by atoms with Crippen LogP contribution in [0.4, 0.5) is 0 Å². The molecule has 7 nitrogen and oxygen atoms in total. The van der Waals surface area contributed by atoms with Crippen LogP contribution in [0.3, 0.4) is 0 Å². The molecule has 0 aliphatic rings. The number of rotatable bonds is 5. The van der Waals surface area contributed by atoms with Crippen molar-refractivity contribution in [2.75, 3.05) is 13.6 Å². The maximum Gasteiger partial charge on any atom is 0.245 e. The van der Waals surface area contributed by atoms with Crippen LogP contribution in [-0.2, 0) is 14.4 Å². The van der Waals surface area contributed by atoms with Crippen LogP contribution in [0.15, 0.2) is 24.3 Å². The maximum absolute atomic E-state index is 12.0. The van der Waals surface area contributed by atoms with Crippen molar-refractivity contribution >= 4 is 29.3 Å². The number of hydroxylamine groups is 1. The van der Waals surface area contributed by atoms with E-state index in [1.165, 1.54) is 12.5 Å². The fraction of sp³-hybridized carbons (Fsp3) is 0.267. The van der Waals surface area contributed by atoms with E-state index in [2.05, 4.69) is 22.5 Å². The summed E-state index contributed by atoms with van der Waals surface area (Å²) in [6, 6.07) is 6.63. The highest BCUT2D eigenvalue weighted by atomic mass is 35.5. The molecule has 0 radical (unpaired) electrons. The van der Waals surface area contributed by atoms with Gasteiger partial charge in [0.15, 0.2) is 0 Å². The first-order valence-corrected chi connectivity index (χ1v) is 7.02. The van der Waals surface area contributed by atoms with E-state index < -0.39 is 17.7 Å². The summed E-state index contributed by atoms with van der Waals surface area (Å²) in [7, 11) is 1.44. The molecule has 122 valence electrons. The van der Waals surface area contributed by atoms with Gasteiger partial charge in [-0.15, -0.1) is 0 Å². The van der Waals surface area contributed by atoms with Gasteiger partial charge < -0.3 is 10.6 Å². The van der Waals surface area contributed by atoms with Crippen molar-refractivity contribution in [2.24, 2.45) is 5.92 Å². The van der Waals surface area contributed by atoms with Gasteiger partial charge >= 0.3 is 0 Å². The SMILES string of the molecule is CNC(=O)CNC(=O)C(C#Cc1ccc(Cl)cc1)CC(=O)NO. The van der Waals surface area contributed by atoms with Crippen molar-refractivity contribution < 1.29 is 19.6 Å². The van der Waals surface area contributed by atoms with Gasteiger partial charge in [-0.25, -0.2) is 5.48 Å². The van der Waals surface area contributed by atoms with Crippen LogP contribution in [0.5, 0.6) is 0 Å². The first-order valence-electron chi connectivity index (χ1n) is 6.64. The smallest absolute Gasteiger partial charge is 0.245 e. The lowest BCUT2D eigenvalue weighted by Crippen LogP contribution is -2.39. The molecule has 0 saturated heterocycles. The maximum atomic E-state index is 12.0. The monoisotopic (exact) mass is 337 g/mol. The molecule has 1 aromatic rings. The number of nitrogens with one attached hydrogen (secondary N) is 3. The lowest BCUT2D eigenvalue weighted by Gasteiger charge is -2.10. The Kier molecular flexibility index (Phi) is 7.60. The van der Waals surface area contributed by atoms with Crippen molar-refractivity contribution in [1.29, 1.82) is 0 Å². The van der Waals surface area contributed by atoms with Gasteiger partial charge in [0.1, 0.15) is 5.92 Å². The molecule has 0 aliphatic heterocycles. The number of benzene rings is 1. The Morgan fingerprint density at radius 1 is 1.22 bits per heavy atom. The normalized spacial score (nSPS) is 10.7. The summed E-state index contributed by atoms with van der Waals surface area (Å²) in [5.74, 6) is 2.68. The summed E-state index contributed by atoms with van der Waals surface area (Å²) in [5.41, 5.74) is 2.06. The zero-order chi connectivity index (χ0) is 17.2. The highest BCUT2D eigenvalue weighted by Crippen LogP contribution is 2.09. The van der Waals surface area contributed by atoms with E-state index in [1.54, 1.807) is 24.3 Å². The Bertz CT molecular complexity index is 634. The van der Waals surface area contributed by atoms with Gasteiger partial charge in [0.25, 0.3) is 0 Å². The third-order valence-electron chi connectivity index (χ3n) is 2.77. The topological polar surface area (TPSA) is 108 Å². The lowest BCUT2D eigenvalue weighted by atomic mass is 10.0. The molecule has 0 aliphatic carbocycles. The van der Waals surface area contributed by atoms with E-state index in [0.29, 0.717) is 10.6 Å². The van der Waals surface area contributed by atoms with E-state index in [1.807, 2.05) is 0 Å². The number of likely N-dealkylation sites (N-methyl/N-ethyl adjacent to an activating group) is 1. The van der Waals surface area contributed by atoms with Gasteiger partial charge in [-0.1, -0.05) is 23.4 Å². The second-order valence-electron chi connectivity index (χ2n) is 4.46. The molecule has 3 amide bonds. The summed E-state index contributed by atoms with van der Waals surface area (Å²) >= 11 is 5.77. The Balaban J connectivity index is 2.83. The fourth-order valence-electron chi connectivity index (χ4n) is 1.52. The zero-order valence-corrected chi connectivity index (χ0v) is 13.1. The van der Waals surface area contributed by atoms with Crippen LogP contribution in [0.2, 0.25) is 5.02 Å². The molecular formula is C15H16ClN3O4. The van der Waals surface area contributed by atoms with Crippen LogP contribution >= 0.6 is 11.6 Å². The van der Waals surface area contributed by atoms with E-state index in [-0.39, 0.29) is 18.9 Å². The lowest BCUT2D eigenvalue weighted by molar-refractivity contribution is -0.133. The predicted octanol–water partition coefficient (Wildman–Crippen LogP) is 0.0654. The van der Waals surface area contributed by atoms with Crippen LogP contribution in [-0.4, -0.2) is 36.5 Å². The van der Waals surface area contributed by atoms with Gasteiger partial charge in [-0.3, -0.25) is 19.6 Å². The van der Waals surface area contributed by atoms with E-state index >= 15 is 0 Å². The summed E-state index contributed by atoms with van der Waals surface area (Å²) in [6.07, 6.45) is -0.337. The molecule has 1 aromatic carbocycles. The van der Waals surface area contributed by atoms with E-state index in [9.17, 15) is 14.4 Å². The highest BCUT2D eigenvalue weighted by Gasteiger charge is 2.20. The summed E-state index contributed by atoms with van der Waals surface area (Å²) < 4.78 is 0. The molecule has 0 heterocycles. The Morgan fingerprint density at radius 3 is 2.43 bits per heavy atom. The zero-order valence-electron chi connectivity index (χ0n) is 12.4. The van der Waals surface area contributed by atoms with Gasteiger partial charge in [0.05, 0.1) is 13.0 Å². The molecule has 0 bridgehead atoms. The van der Waals surface area contributed by atoms with Crippen molar-refractivity contribution in [3.05, 3.63) is 34.9 Å². The van der Waals surface area contributed by atoms with Gasteiger partial charge in [-0.2, -0.15) is 0 Å². The van der Waals surface area contributed by atoms with E-state index in [4.69, 9.17) is 16.8 Å². The minimum Gasteiger partial charge on any atom is -0.358 e. The fourth-order valence-corrected chi connectivity index (χ4v) is 1.65. The standard InChI is InChI=1S/C15H16ClN3O4/c1-17-14(21)9-18-15(22)11(8-13(20)19-23)5-2-10-3-6-12(16)7-4-10/h3-4,6-7,11,23H,8-9H2,1H3,(H,17,21)(H,18,22)(H,19,20). The number of carbonyl (C=O) groups excluding carboxylic acids is 3. The third-order valence-corrected chi connectivity index (χ3v) is 3.02. The molecule has 0 aromatic heterocycles. The van der Waals surface area contributed by atoms with Gasteiger partial charge in [-0.05, 0) is 24.3 Å². The molecule has 0 saturated carbocycles. The van der Waals surface area contributed by atoms with Crippen LogP contribution in [0, 0.1) is 17.8 Å². The second kappa shape index (κ2) is 9.46. The molecule has 4 N–H and O–H groups in total. The summed E-state index contributed by atoms with van der Waals surface area (Å²) in [5, 5.41) is 13.9. The molecule has 1 unspecified atom stereocenters. The number of halogens is 1. The number of amides is 3. The predicted molar refractivity (Wildman–Crippen MR) is 83.4 cm³/mol. The number of hydrogen-bond donors (Lipinski definition) is 4. The number of hydrogen-bond acceptors (Lipinski definition) is 4. The van der Waals surface area contributed by atoms with Crippen LogP contribution in [0.25, 0.3) is 0 Å². The van der Waals surface area contributed by atoms with Crippen molar-refractivity contribution in [2.45, 2.75) is 6.42 Å². The molecule has 0 fully saturated rings. The third kappa shape index (κ3) is 6.82. The summed E-state index contributed by atoms with van der Waals surface area (Å²) in [4.78, 5) is 34.4. The Morgan fingerprint density at radius 2 is 1.87 bits per heavy atom. The van der Waals surface area contributed by atoms with Crippen molar-refractivity contribution in [3.63, 3.8) is 0 Å². The first kappa shape index (κ1) is 18.5. The highest BCUT2D eigenvalue weighted by molar-refractivity contribution is 6.30. The Labute approximate surface area is 138 Å². The largest absolute Gasteiger partial charge is 0.358 e. The molecule has 8 heteroatoms.